The summed E-state index contributed by atoms with van der Waals surface area (Å²) in [5.74, 6) is -0.661. The van der Waals surface area contributed by atoms with E-state index in [9.17, 15) is 9.90 Å². The van der Waals surface area contributed by atoms with Gasteiger partial charge in [-0.05, 0) is 30.5 Å². The van der Waals surface area contributed by atoms with Gasteiger partial charge in [-0.2, -0.15) is 0 Å². The summed E-state index contributed by atoms with van der Waals surface area (Å²) in [7, 11) is 0. The number of carbonyl (C=O) groups excluding carboxylic acids is 1. The molecule has 2 N–H and O–H groups in total. The number of ether oxygens (including phenoxy) is 1. The van der Waals surface area contributed by atoms with Crippen molar-refractivity contribution in [1.82, 2.24) is 4.90 Å². The molecule has 0 aliphatic carbocycles. The summed E-state index contributed by atoms with van der Waals surface area (Å²) in [6.45, 7) is 2.11. The molecule has 0 unspecified atom stereocenters. The van der Waals surface area contributed by atoms with Crippen LogP contribution >= 0.6 is 0 Å². The van der Waals surface area contributed by atoms with Crippen LogP contribution in [0.1, 0.15) is 24.0 Å². The van der Waals surface area contributed by atoms with E-state index in [2.05, 4.69) is 4.90 Å². The summed E-state index contributed by atoms with van der Waals surface area (Å²) in [5.41, 5.74) is -0.875. The first-order valence-corrected chi connectivity index (χ1v) is 9.02. The monoisotopic (exact) mass is 355 g/mol. The first-order chi connectivity index (χ1) is 12.6. The normalized spacial score (nSPS) is 18.5. The van der Waals surface area contributed by atoms with Gasteiger partial charge in [0, 0.05) is 13.1 Å². The van der Waals surface area contributed by atoms with Crippen molar-refractivity contribution in [2.24, 2.45) is 0 Å². The number of hydrogen-bond acceptors (Lipinski definition) is 5. The molecule has 0 bridgehead atoms. The van der Waals surface area contributed by atoms with Crippen molar-refractivity contribution < 1.29 is 19.7 Å². The maximum atomic E-state index is 13.1. The van der Waals surface area contributed by atoms with Crippen LogP contribution in [-0.4, -0.2) is 53.4 Å². The lowest BCUT2D eigenvalue weighted by molar-refractivity contribution is -0.170. The molecule has 0 radical (unpaired) electrons. The number of aliphatic hydroxyl groups excluding tert-OH is 1. The lowest BCUT2D eigenvalue weighted by atomic mass is 9.86. The third-order valence-corrected chi connectivity index (χ3v) is 4.83. The van der Waals surface area contributed by atoms with E-state index in [1.54, 1.807) is 48.5 Å². The number of carbonyl (C=O) groups is 1. The number of rotatable bonds is 6. The van der Waals surface area contributed by atoms with Gasteiger partial charge in [0.2, 0.25) is 5.60 Å². The number of aliphatic hydroxyl groups is 2. The molecule has 0 aromatic heterocycles. The third kappa shape index (κ3) is 3.96. The van der Waals surface area contributed by atoms with Gasteiger partial charge in [-0.25, -0.2) is 4.79 Å². The highest BCUT2D eigenvalue weighted by atomic mass is 16.6. The Bertz CT molecular complexity index is 663. The van der Waals surface area contributed by atoms with E-state index in [-0.39, 0.29) is 12.7 Å². The fourth-order valence-electron chi connectivity index (χ4n) is 3.45. The minimum absolute atomic E-state index is 0.0820. The quantitative estimate of drug-likeness (QED) is 0.775. The molecule has 2 aromatic rings. The Labute approximate surface area is 153 Å². The minimum atomic E-state index is -1.85. The second-order valence-electron chi connectivity index (χ2n) is 6.64. The smallest absolute Gasteiger partial charge is 0.348 e. The number of hydrogen-bond donors (Lipinski definition) is 2. The number of nitrogens with zero attached hydrogens (tertiary/aromatic N) is 1. The molecule has 5 nitrogen and oxygen atoms in total. The highest BCUT2D eigenvalue weighted by Crippen LogP contribution is 2.32. The summed E-state index contributed by atoms with van der Waals surface area (Å²) < 4.78 is 5.73. The molecule has 0 saturated carbocycles. The molecule has 26 heavy (non-hydrogen) atoms. The summed E-state index contributed by atoms with van der Waals surface area (Å²) >= 11 is 0. The summed E-state index contributed by atoms with van der Waals surface area (Å²) in [5, 5.41) is 20.5. The molecule has 1 saturated heterocycles. The number of likely N-dealkylation sites (tertiary alicyclic amines) is 1. The van der Waals surface area contributed by atoms with Crippen LogP contribution in [0.15, 0.2) is 60.7 Å². The molecule has 5 heteroatoms. The predicted molar refractivity (Wildman–Crippen MR) is 98.5 cm³/mol. The minimum Gasteiger partial charge on any atom is -0.458 e. The molecule has 2 aromatic carbocycles. The fourth-order valence-corrected chi connectivity index (χ4v) is 3.45. The van der Waals surface area contributed by atoms with Crippen molar-refractivity contribution in [3.63, 3.8) is 0 Å². The van der Waals surface area contributed by atoms with E-state index in [1.807, 2.05) is 12.1 Å². The molecule has 1 atom stereocenters. The van der Waals surface area contributed by atoms with E-state index in [0.717, 1.165) is 19.4 Å². The van der Waals surface area contributed by atoms with Gasteiger partial charge in [0.25, 0.3) is 0 Å². The molecule has 1 aliphatic rings. The molecule has 0 amide bonds. The van der Waals surface area contributed by atoms with Gasteiger partial charge < -0.3 is 14.9 Å². The fraction of sp³-hybridized carbons (Fsp3) is 0.381. The largest absolute Gasteiger partial charge is 0.458 e. The zero-order valence-electron chi connectivity index (χ0n) is 14.8. The second-order valence-corrected chi connectivity index (χ2v) is 6.64. The van der Waals surface area contributed by atoms with Gasteiger partial charge in [-0.15, -0.1) is 0 Å². The predicted octanol–water partition coefficient (Wildman–Crippen LogP) is 1.92. The SMILES string of the molecule is O=C(O[C@@H]1CCCN(CCO)C1)C(O)(c1ccccc1)c1ccccc1. The zero-order chi connectivity index (χ0) is 18.4. The van der Waals surface area contributed by atoms with Crippen molar-refractivity contribution in [2.45, 2.75) is 24.5 Å². The van der Waals surface area contributed by atoms with Gasteiger partial charge in [-0.3, -0.25) is 4.90 Å². The molecule has 0 spiro atoms. The summed E-state index contributed by atoms with van der Waals surface area (Å²) in [6.07, 6.45) is 1.36. The van der Waals surface area contributed by atoms with Crippen LogP contribution in [0.5, 0.6) is 0 Å². The lowest BCUT2D eigenvalue weighted by Gasteiger charge is -2.34. The van der Waals surface area contributed by atoms with Crippen LogP contribution in [0.3, 0.4) is 0 Å². The van der Waals surface area contributed by atoms with Gasteiger partial charge in [-0.1, -0.05) is 60.7 Å². The Kier molecular flexibility index (Phi) is 6.04. The maximum absolute atomic E-state index is 13.1. The molecular formula is C21H25NO4. The van der Waals surface area contributed by atoms with Crippen molar-refractivity contribution >= 4 is 5.97 Å². The Morgan fingerprint density at radius 3 is 2.19 bits per heavy atom. The summed E-state index contributed by atoms with van der Waals surface area (Å²) in [6, 6.07) is 17.8. The van der Waals surface area contributed by atoms with E-state index in [0.29, 0.717) is 24.2 Å². The van der Waals surface area contributed by atoms with Crippen LogP contribution in [0.25, 0.3) is 0 Å². The number of piperidine rings is 1. The third-order valence-electron chi connectivity index (χ3n) is 4.83. The van der Waals surface area contributed by atoms with Gasteiger partial charge in [0.15, 0.2) is 0 Å². The number of esters is 1. The lowest BCUT2D eigenvalue weighted by Crippen LogP contribution is -2.46. The summed E-state index contributed by atoms with van der Waals surface area (Å²) in [4.78, 5) is 15.1. The highest BCUT2D eigenvalue weighted by Gasteiger charge is 2.43. The van der Waals surface area contributed by atoms with Crippen LogP contribution in [0, 0.1) is 0 Å². The first kappa shape index (κ1) is 18.6. The Morgan fingerprint density at radius 1 is 1.08 bits per heavy atom. The first-order valence-electron chi connectivity index (χ1n) is 9.02. The second kappa shape index (κ2) is 8.45. The molecule has 1 aliphatic heterocycles. The van der Waals surface area contributed by atoms with Crippen molar-refractivity contribution in [3.05, 3.63) is 71.8 Å². The average molecular weight is 355 g/mol. The number of β-amino-alcohol motifs (C(OH)–C–C–N with tert-alkyl or cyclic N) is 1. The molecular weight excluding hydrogens is 330 g/mol. The van der Waals surface area contributed by atoms with Crippen LogP contribution < -0.4 is 0 Å². The van der Waals surface area contributed by atoms with Gasteiger partial charge in [0.05, 0.1) is 6.61 Å². The maximum Gasteiger partial charge on any atom is 0.348 e. The highest BCUT2D eigenvalue weighted by molar-refractivity contribution is 5.85. The van der Waals surface area contributed by atoms with Crippen LogP contribution in [0.2, 0.25) is 0 Å². The van der Waals surface area contributed by atoms with E-state index < -0.39 is 11.6 Å². The van der Waals surface area contributed by atoms with Crippen molar-refractivity contribution in [2.75, 3.05) is 26.2 Å². The molecule has 3 rings (SSSR count). The Morgan fingerprint density at radius 2 is 1.65 bits per heavy atom. The topological polar surface area (TPSA) is 70.0 Å². The van der Waals surface area contributed by atoms with E-state index >= 15 is 0 Å². The van der Waals surface area contributed by atoms with E-state index in [4.69, 9.17) is 9.84 Å². The molecule has 138 valence electrons. The Hall–Kier alpha value is -2.21. The van der Waals surface area contributed by atoms with Crippen molar-refractivity contribution in [1.29, 1.82) is 0 Å². The van der Waals surface area contributed by atoms with Crippen LogP contribution in [0.4, 0.5) is 0 Å². The standard InChI is InChI=1S/C21H25NO4/c23-15-14-22-13-7-12-19(16-22)26-20(24)21(25,17-8-3-1-4-9-17)18-10-5-2-6-11-18/h1-6,8-11,19,23,25H,7,12-16H2/t19-/m1/s1. The van der Waals surface area contributed by atoms with Crippen LogP contribution in [-0.2, 0) is 15.1 Å². The number of benzene rings is 2. The zero-order valence-corrected chi connectivity index (χ0v) is 14.8. The average Bonchev–Trinajstić information content (AvgIpc) is 2.69. The Balaban J connectivity index is 1.84. The van der Waals surface area contributed by atoms with E-state index in [1.165, 1.54) is 0 Å². The molecule has 1 heterocycles. The van der Waals surface area contributed by atoms with Gasteiger partial charge in [0.1, 0.15) is 6.10 Å². The van der Waals surface area contributed by atoms with Crippen molar-refractivity contribution in [3.8, 4) is 0 Å². The van der Waals surface area contributed by atoms with Gasteiger partial charge >= 0.3 is 5.97 Å². The molecule has 1 fully saturated rings.